The molecule has 86 valence electrons. The average molecular weight is 221 g/mol. The molecule has 0 saturated carbocycles. The summed E-state index contributed by atoms with van der Waals surface area (Å²) in [5, 5.41) is 6.97. The van der Waals surface area contributed by atoms with Crippen LogP contribution < -0.4 is 0 Å². The Balaban J connectivity index is 1.81. The standard InChI is InChI=1S/C9H14F2N2O2/c10-7(11)3-12-4-9(5-12)1-2-13(6-9)8(14)15/h7H,1-6H2,(H,14,15)/p+1. The van der Waals surface area contributed by atoms with Gasteiger partial charge in [-0.2, -0.15) is 0 Å². The van der Waals surface area contributed by atoms with Gasteiger partial charge in [0.25, 0.3) is 6.43 Å². The predicted octanol–water partition coefficient (Wildman–Crippen LogP) is 0.104. The number of rotatable bonds is 2. The molecule has 0 unspecified atom stereocenters. The van der Waals surface area contributed by atoms with Crippen molar-refractivity contribution in [2.45, 2.75) is 12.8 Å². The number of halogens is 2. The van der Waals surface area contributed by atoms with E-state index in [1.165, 1.54) is 4.90 Å². The zero-order chi connectivity index (χ0) is 11.1. The van der Waals surface area contributed by atoms with Gasteiger partial charge in [-0.25, -0.2) is 8.78 Å². The minimum atomic E-state index is -2.28. The third-order valence-corrected chi connectivity index (χ3v) is 3.24. The molecule has 2 rings (SSSR count). The molecule has 0 bridgehead atoms. The van der Waals surface area contributed by atoms with Gasteiger partial charge >= 0.3 is 6.09 Å². The van der Waals surface area contributed by atoms with Crippen molar-refractivity contribution in [3.63, 3.8) is 0 Å². The molecule has 2 aliphatic rings. The quantitative estimate of drug-likeness (QED) is 0.621. The first-order chi connectivity index (χ1) is 7.01. The molecular formula is C9H15F2N2O2+. The van der Waals surface area contributed by atoms with Crippen LogP contribution >= 0.6 is 0 Å². The van der Waals surface area contributed by atoms with Crippen LogP contribution in [0.5, 0.6) is 0 Å². The largest absolute Gasteiger partial charge is 0.629 e. The van der Waals surface area contributed by atoms with Crippen LogP contribution in [0.15, 0.2) is 0 Å². The maximum Gasteiger partial charge on any atom is 0.629 e. The van der Waals surface area contributed by atoms with Crippen molar-refractivity contribution in [1.82, 2.24) is 9.80 Å². The monoisotopic (exact) mass is 221 g/mol. The van der Waals surface area contributed by atoms with Gasteiger partial charge in [-0.1, -0.05) is 0 Å². The van der Waals surface area contributed by atoms with Crippen LogP contribution in [0.2, 0.25) is 0 Å². The number of amides is 1. The van der Waals surface area contributed by atoms with Crippen LogP contribution in [-0.2, 0) is 0 Å². The first kappa shape index (κ1) is 10.6. The second kappa shape index (κ2) is 3.59. The van der Waals surface area contributed by atoms with Crippen LogP contribution in [0.1, 0.15) is 6.42 Å². The van der Waals surface area contributed by atoms with Gasteiger partial charge in [0, 0.05) is 31.6 Å². The summed E-state index contributed by atoms with van der Waals surface area (Å²) in [7, 11) is 0. The molecule has 0 radical (unpaired) electrons. The van der Waals surface area contributed by atoms with Crippen molar-refractivity contribution in [3.8, 4) is 0 Å². The molecule has 15 heavy (non-hydrogen) atoms. The second-order valence-electron chi connectivity index (χ2n) is 4.54. The van der Waals surface area contributed by atoms with E-state index in [0.29, 0.717) is 26.2 Å². The molecule has 0 aromatic carbocycles. The zero-order valence-electron chi connectivity index (χ0n) is 8.38. The van der Waals surface area contributed by atoms with Gasteiger partial charge in [-0.15, -0.1) is 0 Å². The van der Waals surface area contributed by atoms with Crippen molar-refractivity contribution >= 4 is 6.09 Å². The van der Waals surface area contributed by atoms with Crippen molar-refractivity contribution in [2.75, 3.05) is 32.7 Å². The zero-order valence-corrected chi connectivity index (χ0v) is 8.38. The van der Waals surface area contributed by atoms with Crippen LogP contribution in [-0.4, -0.2) is 60.1 Å². The number of carbonyl (C=O) groups excluding carboxylic acids is 1. The number of carbonyl (C=O) groups is 1. The third-order valence-electron chi connectivity index (χ3n) is 3.24. The molecule has 0 aromatic rings. The maximum absolute atomic E-state index is 12.1. The molecule has 6 heteroatoms. The van der Waals surface area contributed by atoms with Crippen LogP contribution in [0.25, 0.3) is 0 Å². The predicted molar refractivity (Wildman–Crippen MR) is 50.1 cm³/mol. The first-order valence-corrected chi connectivity index (χ1v) is 5.02. The average Bonchev–Trinajstić information content (AvgIpc) is 2.47. The number of hydrogen-bond donors (Lipinski definition) is 0. The minimum absolute atomic E-state index is 0.00556. The van der Waals surface area contributed by atoms with E-state index in [-0.39, 0.29) is 12.0 Å². The molecule has 0 atom stereocenters. The van der Waals surface area contributed by atoms with E-state index in [0.717, 1.165) is 6.42 Å². The fourth-order valence-corrected chi connectivity index (χ4v) is 2.59. The fraction of sp³-hybridized carbons (Fsp3) is 0.889. The topological polar surface area (TPSA) is 46.5 Å². The van der Waals surface area contributed by atoms with E-state index in [2.05, 4.69) is 0 Å². The number of alkyl halides is 2. The van der Waals surface area contributed by atoms with Crippen LogP contribution in [0.3, 0.4) is 0 Å². The Hall–Kier alpha value is -0.910. The molecule has 2 fully saturated rings. The lowest BCUT2D eigenvalue weighted by Crippen LogP contribution is -2.58. The normalized spacial score (nSPS) is 24.9. The highest BCUT2D eigenvalue weighted by molar-refractivity contribution is 5.65. The summed E-state index contributed by atoms with van der Waals surface area (Å²) in [6, 6.07) is 0. The van der Waals surface area contributed by atoms with Gasteiger partial charge in [0.1, 0.15) is 0 Å². The first-order valence-electron chi connectivity index (χ1n) is 5.02. The minimum Gasteiger partial charge on any atom is -0.547 e. The lowest BCUT2D eigenvalue weighted by Gasteiger charge is -2.47. The third kappa shape index (κ3) is 2.04. The van der Waals surface area contributed by atoms with Gasteiger partial charge in [-0.05, 0) is 6.42 Å². The molecule has 4 nitrogen and oxygen atoms in total. The summed E-state index contributed by atoms with van der Waals surface area (Å²) < 4.78 is 24.1. The van der Waals surface area contributed by atoms with E-state index >= 15 is 0 Å². The molecule has 0 aliphatic carbocycles. The molecule has 2 aliphatic heterocycles. The molecular weight excluding hydrogens is 206 g/mol. The Kier molecular flexibility index (Phi) is 2.54. The van der Waals surface area contributed by atoms with E-state index in [1.54, 1.807) is 4.90 Å². The summed E-state index contributed by atoms with van der Waals surface area (Å²) >= 11 is 0. The Labute approximate surface area is 86.5 Å². The Morgan fingerprint density at radius 3 is 2.53 bits per heavy atom. The van der Waals surface area contributed by atoms with E-state index in [4.69, 9.17) is 5.11 Å². The number of hydrogen-bond acceptors (Lipinski definition) is 2. The van der Waals surface area contributed by atoms with Crippen molar-refractivity contribution in [1.29, 1.82) is 0 Å². The van der Waals surface area contributed by atoms with E-state index < -0.39 is 12.5 Å². The summed E-state index contributed by atoms with van der Waals surface area (Å²) in [6.45, 7) is 2.28. The van der Waals surface area contributed by atoms with Crippen molar-refractivity contribution in [2.24, 2.45) is 5.41 Å². The van der Waals surface area contributed by atoms with Gasteiger partial charge in [0.05, 0.1) is 11.3 Å². The lowest BCUT2D eigenvalue weighted by molar-refractivity contribution is -0.0289. The van der Waals surface area contributed by atoms with Crippen LogP contribution in [0, 0.1) is 5.41 Å². The van der Waals surface area contributed by atoms with E-state index in [9.17, 15) is 13.6 Å². The van der Waals surface area contributed by atoms with Crippen LogP contribution in [0.4, 0.5) is 13.6 Å². The number of likely N-dealkylation sites (tertiary alicyclic amines) is 2. The molecule has 0 aromatic heterocycles. The highest BCUT2D eigenvalue weighted by atomic mass is 19.3. The summed E-state index contributed by atoms with van der Waals surface area (Å²) in [5.41, 5.74) is 0.00556. The van der Waals surface area contributed by atoms with Gasteiger partial charge in [0.15, 0.2) is 0 Å². The number of nitrogens with zero attached hydrogens (tertiary/aromatic N) is 2. The Bertz CT molecular complexity index is 267. The Morgan fingerprint density at radius 2 is 2.07 bits per heavy atom. The summed E-state index contributed by atoms with van der Waals surface area (Å²) in [6.07, 6.45) is -2.09. The smallest absolute Gasteiger partial charge is 0.547 e. The van der Waals surface area contributed by atoms with Gasteiger partial charge in [0.2, 0.25) is 0 Å². The molecule has 1 spiro atoms. The Morgan fingerprint density at radius 1 is 1.40 bits per heavy atom. The highest BCUT2D eigenvalue weighted by Crippen LogP contribution is 2.39. The second-order valence-corrected chi connectivity index (χ2v) is 4.54. The van der Waals surface area contributed by atoms with E-state index in [1.807, 2.05) is 0 Å². The van der Waals surface area contributed by atoms with Crippen molar-refractivity contribution in [3.05, 3.63) is 0 Å². The SMILES string of the molecule is O=C([OH2+])N1CCC2(CN(CC(F)F)C2)C1. The molecule has 1 amide bonds. The molecule has 2 saturated heterocycles. The summed E-state index contributed by atoms with van der Waals surface area (Å²) in [5.74, 6) is 0. The molecule has 2 heterocycles. The lowest BCUT2D eigenvalue weighted by atomic mass is 9.79. The van der Waals surface area contributed by atoms with Crippen molar-refractivity contribution < 1.29 is 18.7 Å². The highest BCUT2D eigenvalue weighted by Gasteiger charge is 2.50. The molecule has 2 N–H and O–H groups in total. The fourth-order valence-electron chi connectivity index (χ4n) is 2.59. The summed E-state index contributed by atoms with van der Waals surface area (Å²) in [4.78, 5) is 14.0. The van der Waals surface area contributed by atoms with Gasteiger partial charge in [-0.3, -0.25) is 9.80 Å². The van der Waals surface area contributed by atoms with Gasteiger partial charge < -0.3 is 5.11 Å². The maximum atomic E-state index is 12.1.